The third-order valence-corrected chi connectivity index (χ3v) is 5.24. The molecule has 0 aromatic carbocycles. The first-order valence-corrected chi connectivity index (χ1v) is 8.30. The Morgan fingerprint density at radius 3 is 3.10 bits per heavy atom. The zero-order valence-electron chi connectivity index (χ0n) is 11.6. The van der Waals surface area contributed by atoms with E-state index in [0.29, 0.717) is 13.0 Å². The highest BCUT2D eigenvalue weighted by Crippen LogP contribution is 2.33. The van der Waals surface area contributed by atoms with Crippen LogP contribution < -0.4 is 0 Å². The predicted molar refractivity (Wildman–Crippen MR) is 82.5 cm³/mol. The lowest BCUT2D eigenvalue weighted by molar-refractivity contribution is 0.0994. The van der Waals surface area contributed by atoms with Crippen LogP contribution in [0.4, 0.5) is 0 Å². The van der Waals surface area contributed by atoms with Crippen LogP contribution in [0, 0.1) is 6.92 Å². The van der Waals surface area contributed by atoms with Crippen LogP contribution in [0.3, 0.4) is 0 Å². The minimum absolute atomic E-state index is 0.00907. The number of thiazole rings is 1. The van der Waals surface area contributed by atoms with Crippen molar-refractivity contribution in [2.75, 3.05) is 0 Å². The highest BCUT2D eigenvalue weighted by Gasteiger charge is 2.33. The SMILES string of the molecule is Cc1nc(Cc2nc3c(s2)COC(C)C2=NN=CC23)ns1. The second-order valence-corrected chi connectivity index (χ2v) is 7.17. The lowest BCUT2D eigenvalue weighted by Crippen LogP contribution is -2.23. The highest BCUT2D eigenvalue weighted by atomic mass is 32.1. The molecule has 0 radical (unpaired) electrons. The summed E-state index contributed by atoms with van der Waals surface area (Å²) in [5, 5.41) is 10.2. The Labute approximate surface area is 129 Å². The number of aryl methyl sites for hydroxylation is 1. The van der Waals surface area contributed by atoms with Crippen molar-refractivity contribution in [3.05, 3.63) is 26.4 Å². The van der Waals surface area contributed by atoms with E-state index in [-0.39, 0.29) is 12.0 Å². The van der Waals surface area contributed by atoms with Gasteiger partial charge < -0.3 is 4.74 Å². The van der Waals surface area contributed by atoms with Gasteiger partial charge in [-0.2, -0.15) is 14.6 Å². The van der Waals surface area contributed by atoms with Crippen molar-refractivity contribution in [1.82, 2.24) is 14.3 Å². The molecule has 0 saturated carbocycles. The normalized spacial score (nSPS) is 23.6. The molecule has 21 heavy (non-hydrogen) atoms. The maximum absolute atomic E-state index is 5.84. The molecule has 0 fully saturated rings. The molecular formula is C13H13N5OS2. The van der Waals surface area contributed by atoms with E-state index >= 15 is 0 Å². The van der Waals surface area contributed by atoms with Crippen molar-refractivity contribution < 1.29 is 4.74 Å². The predicted octanol–water partition coefficient (Wildman–Crippen LogP) is 2.34. The highest BCUT2D eigenvalue weighted by molar-refractivity contribution is 7.11. The van der Waals surface area contributed by atoms with Gasteiger partial charge in [-0.25, -0.2) is 9.97 Å². The molecule has 2 aliphatic rings. The molecule has 0 N–H and O–H groups in total. The standard InChI is InChI=1S/C13H13N5OS2/c1-6-12-8(4-14-17-12)13-9(5-19-6)20-11(16-13)3-10-15-7(2)21-18-10/h4,6,8H,3,5H2,1-2H3. The summed E-state index contributed by atoms with van der Waals surface area (Å²) in [4.78, 5) is 10.3. The lowest BCUT2D eigenvalue weighted by atomic mass is 9.98. The summed E-state index contributed by atoms with van der Waals surface area (Å²) in [5.41, 5.74) is 1.99. The molecule has 0 spiro atoms. The second-order valence-electron chi connectivity index (χ2n) is 5.04. The van der Waals surface area contributed by atoms with Crippen molar-refractivity contribution in [3.63, 3.8) is 0 Å². The van der Waals surface area contributed by atoms with Gasteiger partial charge in [0.05, 0.1) is 41.3 Å². The van der Waals surface area contributed by atoms with Crippen LogP contribution in [-0.2, 0) is 17.8 Å². The summed E-state index contributed by atoms with van der Waals surface area (Å²) in [7, 11) is 0. The van der Waals surface area contributed by atoms with E-state index < -0.39 is 0 Å². The summed E-state index contributed by atoms with van der Waals surface area (Å²) >= 11 is 3.10. The average Bonchev–Trinajstić information content (AvgIpc) is 3.15. The first-order chi connectivity index (χ1) is 10.2. The van der Waals surface area contributed by atoms with E-state index in [0.717, 1.165) is 32.1 Å². The number of ether oxygens (including phenoxy) is 1. The van der Waals surface area contributed by atoms with Gasteiger partial charge in [0.15, 0.2) is 0 Å². The Bertz CT molecular complexity index is 748. The molecule has 2 unspecified atom stereocenters. The molecule has 8 heteroatoms. The summed E-state index contributed by atoms with van der Waals surface area (Å²) in [5.74, 6) is 0.900. The molecule has 108 valence electrons. The molecular weight excluding hydrogens is 306 g/mol. The third kappa shape index (κ3) is 2.33. The summed E-state index contributed by atoms with van der Waals surface area (Å²) < 4.78 is 10.2. The minimum atomic E-state index is -0.00907. The number of hydrogen-bond acceptors (Lipinski definition) is 8. The van der Waals surface area contributed by atoms with E-state index in [2.05, 4.69) is 19.6 Å². The number of fused-ring (bicyclic) bond motifs is 3. The molecule has 4 rings (SSSR count). The number of rotatable bonds is 2. The topological polar surface area (TPSA) is 72.6 Å². The number of aromatic nitrogens is 3. The van der Waals surface area contributed by atoms with E-state index in [1.165, 1.54) is 11.5 Å². The molecule has 0 amide bonds. The van der Waals surface area contributed by atoms with E-state index in [9.17, 15) is 0 Å². The van der Waals surface area contributed by atoms with Crippen molar-refractivity contribution in [1.29, 1.82) is 0 Å². The molecule has 2 aliphatic heterocycles. The zero-order chi connectivity index (χ0) is 14.4. The fourth-order valence-corrected chi connectivity index (χ4v) is 4.04. The van der Waals surface area contributed by atoms with E-state index in [4.69, 9.17) is 9.72 Å². The molecule has 0 aliphatic carbocycles. The maximum Gasteiger partial charge on any atom is 0.149 e. The van der Waals surface area contributed by atoms with Gasteiger partial charge in [0, 0.05) is 6.21 Å². The van der Waals surface area contributed by atoms with Crippen LogP contribution in [0.15, 0.2) is 10.2 Å². The fraction of sp³-hybridized carbons (Fsp3) is 0.462. The summed E-state index contributed by atoms with van der Waals surface area (Å²) in [6, 6.07) is 0. The minimum Gasteiger partial charge on any atom is -0.367 e. The van der Waals surface area contributed by atoms with Crippen molar-refractivity contribution in [2.24, 2.45) is 10.2 Å². The van der Waals surface area contributed by atoms with Gasteiger partial charge in [-0.1, -0.05) is 0 Å². The number of nitrogens with zero attached hydrogens (tertiary/aromatic N) is 5. The van der Waals surface area contributed by atoms with Gasteiger partial charge in [0.2, 0.25) is 0 Å². The molecule has 0 saturated heterocycles. The van der Waals surface area contributed by atoms with Crippen LogP contribution in [0.5, 0.6) is 0 Å². The summed E-state index contributed by atoms with van der Waals surface area (Å²) in [6.07, 6.45) is 2.52. The van der Waals surface area contributed by atoms with Crippen LogP contribution in [0.2, 0.25) is 0 Å². The molecule has 2 aromatic rings. The van der Waals surface area contributed by atoms with Gasteiger partial charge in [0.1, 0.15) is 15.8 Å². The third-order valence-electron chi connectivity index (χ3n) is 3.53. The monoisotopic (exact) mass is 319 g/mol. The van der Waals surface area contributed by atoms with Crippen molar-refractivity contribution in [2.45, 2.75) is 38.9 Å². The first kappa shape index (κ1) is 13.2. The fourth-order valence-electron chi connectivity index (χ4n) is 2.52. The molecule has 0 bridgehead atoms. The Morgan fingerprint density at radius 2 is 2.29 bits per heavy atom. The van der Waals surface area contributed by atoms with Gasteiger partial charge in [0.25, 0.3) is 0 Å². The van der Waals surface area contributed by atoms with Crippen molar-refractivity contribution in [3.8, 4) is 0 Å². The van der Waals surface area contributed by atoms with Crippen LogP contribution in [0.1, 0.15) is 39.3 Å². The Balaban J connectivity index is 1.66. The van der Waals surface area contributed by atoms with Gasteiger partial charge in [-0.3, -0.25) is 0 Å². The van der Waals surface area contributed by atoms with Crippen LogP contribution >= 0.6 is 22.9 Å². The Kier molecular flexibility index (Phi) is 3.16. The molecule has 6 nitrogen and oxygen atoms in total. The molecule has 4 heterocycles. The quantitative estimate of drug-likeness (QED) is 0.851. The van der Waals surface area contributed by atoms with Gasteiger partial charge in [-0.15, -0.1) is 11.3 Å². The Morgan fingerprint density at radius 1 is 1.38 bits per heavy atom. The smallest absolute Gasteiger partial charge is 0.149 e. The largest absolute Gasteiger partial charge is 0.367 e. The van der Waals surface area contributed by atoms with Crippen LogP contribution in [-0.4, -0.2) is 32.4 Å². The number of hydrogen-bond donors (Lipinski definition) is 0. The van der Waals surface area contributed by atoms with Crippen LogP contribution in [0.25, 0.3) is 0 Å². The second kappa shape index (κ2) is 5.04. The molecule has 2 atom stereocenters. The van der Waals surface area contributed by atoms with E-state index in [1.807, 2.05) is 20.1 Å². The first-order valence-electron chi connectivity index (χ1n) is 6.71. The van der Waals surface area contributed by atoms with E-state index in [1.54, 1.807) is 11.3 Å². The van der Waals surface area contributed by atoms with Gasteiger partial charge in [-0.05, 0) is 25.4 Å². The van der Waals surface area contributed by atoms with Crippen molar-refractivity contribution >= 4 is 34.8 Å². The maximum atomic E-state index is 5.84. The van der Waals surface area contributed by atoms with Gasteiger partial charge >= 0.3 is 0 Å². The zero-order valence-corrected chi connectivity index (χ0v) is 13.2. The Hall–Kier alpha value is -1.51. The average molecular weight is 319 g/mol. The lowest BCUT2D eigenvalue weighted by Gasteiger charge is -2.11. The summed E-state index contributed by atoms with van der Waals surface area (Å²) in [6.45, 7) is 4.56. The molecule has 2 aromatic heterocycles.